The molecule has 1 atom stereocenters. The molecule has 0 aliphatic heterocycles. The Labute approximate surface area is 50.8 Å². The van der Waals surface area contributed by atoms with E-state index in [4.69, 9.17) is 5.11 Å². The van der Waals surface area contributed by atoms with Crippen LogP contribution in [-0.2, 0) is 0 Å². The number of aliphatic hydroxyl groups is 1. The Kier molecular flexibility index (Phi) is 4.13. The molecule has 1 nitrogen and oxygen atoms in total. The van der Waals surface area contributed by atoms with Crippen molar-refractivity contribution in [2.45, 2.75) is 12.6 Å². The minimum absolute atomic E-state index is 0.410. The molecule has 1 N–H and O–H groups in total. The second-order valence-corrected chi connectivity index (χ2v) is 1.39. The normalized spacial score (nSPS) is 15.2. The van der Waals surface area contributed by atoms with Crippen LogP contribution < -0.4 is 0 Å². The van der Waals surface area contributed by atoms with Gasteiger partial charge in [-0.05, 0) is 6.08 Å². The van der Waals surface area contributed by atoms with E-state index in [9.17, 15) is 13.2 Å². The van der Waals surface area contributed by atoms with Gasteiger partial charge in [-0.2, -0.15) is 0 Å². The highest BCUT2D eigenvalue weighted by atomic mass is 19.3. The van der Waals surface area contributed by atoms with Crippen molar-refractivity contribution in [1.29, 1.82) is 0 Å². The van der Waals surface area contributed by atoms with Crippen LogP contribution in [0.15, 0.2) is 12.2 Å². The van der Waals surface area contributed by atoms with Crippen molar-refractivity contribution >= 4 is 0 Å². The molecule has 0 saturated heterocycles. The summed E-state index contributed by atoms with van der Waals surface area (Å²) in [6.07, 6.45) is -3.67. The standard InChI is InChI=1S/C5H7F3O/c6-4(5(7)8)2-1-3-9/h1-2,4-5,9H,3H2/b2-1+. The van der Waals surface area contributed by atoms with Crippen LogP contribution in [0, 0.1) is 0 Å². The topological polar surface area (TPSA) is 20.2 Å². The summed E-state index contributed by atoms with van der Waals surface area (Å²) in [7, 11) is 0. The molecule has 1 unspecified atom stereocenters. The van der Waals surface area contributed by atoms with Gasteiger partial charge in [-0.1, -0.05) is 6.08 Å². The molecule has 0 bridgehead atoms. The zero-order valence-corrected chi connectivity index (χ0v) is 4.60. The number of allylic oxidation sites excluding steroid dienone is 1. The third kappa shape index (κ3) is 4.02. The van der Waals surface area contributed by atoms with E-state index in [2.05, 4.69) is 0 Å². The van der Waals surface area contributed by atoms with Crippen LogP contribution in [0.2, 0.25) is 0 Å². The zero-order chi connectivity index (χ0) is 7.28. The predicted molar refractivity (Wildman–Crippen MR) is 27.1 cm³/mol. The first-order valence-electron chi connectivity index (χ1n) is 2.38. The fourth-order valence-electron chi connectivity index (χ4n) is 0.275. The minimum atomic E-state index is -2.99. The molecule has 54 valence electrons. The smallest absolute Gasteiger partial charge is 0.272 e. The maximum Gasteiger partial charge on any atom is 0.272 e. The van der Waals surface area contributed by atoms with Gasteiger partial charge in [-0.3, -0.25) is 0 Å². The fraction of sp³-hybridized carbons (Fsp3) is 0.600. The maximum atomic E-state index is 11.8. The van der Waals surface area contributed by atoms with Crippen LogP contribution in [0.5, 0.6) is 0 Å². The Morgan fingerprint density at radius 2 is 1.89 bits per heavy atom. The van der Waals surface area contributed by atoms with Crippen LogP contribution in [-0.4, -0.2) is 24.3 Å². The Bertz CT molecular complexity index is 92.2. The highest BCUT2D eigenvalue weighted by molar-refractivity contribution is 4.89. The van der Waals surface area contributed by atoms with Gasteiger partial charge in [-0.25, -0.2) is 13.2 Å². The molecular formula is C5H7F3O. The summed E-state index contributed by atoms with van der Waals surface area (Å²) in [6.45, 7) is -0.410. The number of alkyl halides is 3. The summed E-state index contributed by atoms with van der Waals surface area (Å²) < 4.78 is 34.3. The molecular weight excluding hydrogens is 133 g/mol. The van der Waals surface area contributed by atoms with Gasteiger partial charge in [0.05, 0.1) is 6.61 Å². The maximum absolute atomic E-state index is 11.8. The van der Waals surface area contributed by atoms with Crippen molar-refractivity contribution in [3.63, 3.8) is 0 Å². The van der Waals surface area contributed by atoms with Crippen LogP contribution >= 0.6 is 0 Å². The van der Waals surface area contributed by atoms with Gasteiger partial charge in [0.15, 0.2) is 6.17 Å². The van der Waals surface area contributed by atoms with Gasteiger partial charge in [-0.15, -0.1) is 0 Å². The molecule has 0 aromatic heterocycles. The molecule has 0 aromatic rings. The van der Waals surface area contributed by atoms with Gasteiger partial charge < -0.3 is 5.11 Å². The molecule has 0 aliphatic carbocycles. The molecule has 0 radical (unpaired) electrons. The molecule has 4 heteroatoms. The summed E-state index contributed by atoms with van der Waals surface area (Å²) >= 11 is 0. The van der Waals surface area contributed by atoms with Crippen molar-refractivity contribution < 1.29 is 18.3 Å². The molecule has 0 fully saturated rings. The van der Waals surface area contributed by atoms with Crippen LogP contribution in [0.3, 0.4) is 0 Å². The van der Waals surface area contributed by atoms with Crippen LogP contribution in [0.25, 0.3) is 0 Å². The second-order valence-electron chi connectivity index (χ2n) is 1.39. The SMILES string of the molecule is OC/C=C/C(F)C(F)F. The number of aliphatic hydroxyl groups excluding tert-OH is 1. The van der Waals surface area contributed by atoms with Crippen molar-refractivity contribution in [3.05, 3.63) is 12.2 Å². The van der Waals surface area contributed by atoms with Crippen molar-refractivity contribution in [2.24, 2.45) is 0 Å². The van der Waals surface area contributed by atoms with E-state index in [0.29, 0.717) is 6.08 Å². The lowest BCUT2D eigenvalue weighted by Crippen LogP contribution is -2.07. The lowest BCUT2D eigenvalue weighted by atomic mass is 10.3. The third-order valence-electron chi connectivity index (χ3n) is 0.666. The highest BCUT2D eigenvalue weighted by Crippen LogP contribution is 2.05. The van der Waals surface area contributed by atoms with E-state index in [-0.39, 0.29) is 0 Å². The number of hydrogen-bond acceptors (Lipinski definition) is 1. The molecule has 9 heavy (non-hydrogen) atoms. The lowest BCUT2D eigenvalue weighted by Gasteiger charge is -1.97. The Hall–Kier alpha value is -0.510. The highest BCUT2D eigenvalue weighted by Gasteiger charge is 2.14. The first-order valence-corrected chi connectivity index (χ1v) is 2.38. The average molecular weight is 140 g/mol. The predicted octanol–water partition coefficient (Wildman–Crippen LogP) is 1.14. The van der Waals surface area contributed by atoms with E-state index < -0.39 is 19.2 Å². The molecule has 0 heterocycles. The third-order valence-corrected chi connectivity index (χ3v) is 0.666. The Morgan fingerprint density at radius 1 is 1.33 bits per heavy atom. The number of halogens is 3. The largest absolute Gasteiger partial charge is 0.392 e. The number of rotatable bonds is 3. The minimum Gasteiger partial charge on any atom is -0.392 e. The summed E-state index contributed by atoms with van der Waals surface area (Å²) in [5.41, 5.74) is 0. The monoisotopic (exact) mass is 140 g/mol. The van der Waals surface area contributed by atoms with Crippen molar-refractivity contribution in [3.8, 4) is 0 Å². The molecule has 0 aromatic carbocycles. The van der Waals surface area contributed by atoms with E-state index >= 15 is 0 Å². The Balaban J connectivity index is 3.48. The van der Waals surface area contributed by atoms with E-state index in [0.717, 1.165) is 6.08 Å². The van der Waals surface area contributed by atoms with E-state index in [1.807, 2.05) is 0 Å². The van der Waals surface area contributed by atoms with Crippen molar-refractivity contribution in [1.82, 2.24) is 0 Å². The molecule has 0 aliphatic rings. The van der Waals surface area contributed by atoms with Gasteiger partial charge in [0.25, 0.3) is 6.43 Å². The zero-order valence-electron chi connectivity index (χ0n) is 4.60. The van der Waals surface area contributed by atoms with Crippen molar-refractivity contribution in [2.75, 3.05) is 6.61 Å². The summed E-state index contributed by atoms with van der Waals surface area (Å²) in [5, 5.41) is 8.00. The summed E-state index contributed by atoms with van der Waals surface area (Å²) in [6, 6.07) is 0. The first-order chi connectivity index (χ1) is 4.18. The van der Waals surface area contributed by atoms with E-state index in [1.54, 1.807) is 0 Å². The van der Waals surface area contributed by atoms with E-state index in [1.165, 1.54) is 0 Å². The first kappa shape index (κ1) is 8.49. The average Bonchev–Trinajstić information content (AvgIpc) is 1.82. The quantitative estimate of drug-likeness (QED) is 0.583. The fourth-order valence-corrected chi connectivity index (χ4v) is 0.275. The second kappa shape index (κ2) is 4.38. The van der Waals surface area contributed by atoms with Gasteiger partial charge in [0.2, 0.25) is 0 Å². The van der Waals surface area contributed by atoms with Gasteiger partial charge in [0, 0.05) is 0 Å². The summed E-state index contributed by atoms with van der Waals surface area (Å²) in [4.78, 5) is 0. The van der Waals surface area contributed by atoms with Crippen LogP contribution in [0.4, 0.5) is 13.2 Å². The number of hydrogen-bond donors (Lipinski definition) is 1. The molecule has 0 saturated carbocycles. The molecule has 0 spiro atoms. The van der Waals surface area contributed by atoms with Gasteiger partial charge in [0.1, 0.15) is 0 Å². The molecule has 0 amide bonds. The Morgan fingerprint density at radius 3 is 2.22 bits per heavy atom. The van der Waals surface area contributed by atoms with Gasteiger partial charge >= 0.3 is 0 Å². The lowest BCUT2D eigenvalue weighted by molar-refractivity contribution is 0.0747. The van der Waals surface area contributed by atoms with Crippen LogP contribution in [0.1, 0.15) is 0 Å². The summed E-state index contributed by atoms with van der Waals surface area (Å²) in [5.74, 6) is 0. The molecule has 0 rings (SSSR count).